The van der Waals surface area contributed by atoms with Crippen LogP contribution in [0.1, 0.15) is 23.3 Å². The first-order valence-corrected chi connectivity index (χ1v) is 5.74. The van der Waals surface area contributed by atoms with Crippen LogP contribution in [0.25, 0.3) is 0 Å². The number of aromatic nitrogens is 1. The molecule has 2 rings (SSSR count). The van der Waals surface area contributed by atoms with Gasteiger partial charge in [0.15, 0.2) is 0 Å². The summed E-state index contributed by atoms with van der Waals surface area (Å²) >= 11 is 0. The number of hydrogen-bond donors (Lipinski definition) is 1. The average Bonchev–Trinajstić information content (AvgIpc) is 2.90. The molecule has 0 spiro atoms. The monoisotopic (exact) mass is 233 g/mol. The zero-order chi connectivity index (χ0) is 12.1. The van der Waals surface area contributed by atoms with E-state index in [2.05, 4.69) is 10.3 Å². The molecule has 5 heteroatoms. The second-order valence-corrected chi connectivity index (χ2v) is 3.99. The van der Waals surface area contributed by atoms with Crippen molar-refractivity contribution in [3.05, 3.63) is 30.1 Å². The highest BCUT2D eigenvalue weighted by molar-refractivity contribution is 5.94. The molecular formula is C12H15N3O2. The zero-order valence-electron chi connectivity index (χ0n) is 9.56. The predicted octanol–water partition coefficient (Wildman–Crippen LogP) is 0.434. The van der Waals surface area contributed by atoms with Crippen molar-refractivity contribution in [1.82, 2.24) is 15.2 Å². The Morgan fingerprint density at radius 2 is 2.06 bits per heavy atom. The van der Waals surface area contributed by atoms with Crippen LogP contribution in [0.5, 0.6) is 0 Å². The molecule has 1 N–H and O–H groups in total. The Hall–Kier alpha value is -1.91. The first-order chi connectivity index (χ1) is 8.27. The van der Waals surface area contributed by atoms with Crippen LogP contribution in [-0.4, -0.2) is 41.3 Å². The Balaban J connectivity index is 1.82. The lowest BCUT2D eigenvalue weighted by molar-refractivity contribution is -0.129. The van der Waals surface area contributed by atoms with E-state index in [0.29, 0.717) is 5.69 Å². The van der Waals surface area contributed by atoms with Crippen molar-refractivity contribution in [2.24, 2.45) is 0 Å². The first-order valence-electron chi connectivity index (χ1n) is 5.74. The van der Waals surface area contributed by atoms with Crippen LogP contribution in [0.3, 0.4) is 0 Å². The van der Waals surface area contributed by atoms with Crippen LogP contribution < -0.4 is 5.32 Å². The molecule has 2 amide bonds. The largest absolute Gasteiger partial charge is 0.342 e. The topological polar surface area (TPSA) is 62.3 Å². The summed E-state index contributed by atoms with van der Waals surface area (Å²) in [6, 6.07) is 5.10. The summed E-state index contributed by atoms with van der Waals surface area (Å²) in [5.41, 5.74) is 0.335. The van der Waals surface area contributed by atoms with Gasteiger partial charge in [-0.1, -0.05) is 6.07 Å². The molecule has 2 heterocycles. The van der Waals surface area contributed by atoms with Crippen molar-refractivity contribution in [2.45, 2.75) is 12.8 Å². The summed E-state index contributed by atoms with van der Waals surface area (Å²) in [5, 5.41) is 2.58. The van der Waals surface area contributed by atoms with Crippen LogP contribution in [0, 0.1) is 0 Å². The van der Waals surface area contributed by atoms with Crippen LogP contribution in [0.4, 0.5) is 0 Å². The third kappa shape index (κ3) is 3.03. The Kier molecular flexibility index (Phi) is 3.69. The Morgan fingerprint density at radius 3 is 2.71 bits per heavy atom. The van der Waals surface area contributed by atoms with Gasteiger partial charge in [-0.2, -0.15) is 0 Å². The van der Waals surface area contributed by atoms with Gasteiger partial charge in [-0.25, -0.2) is 0 Å². The second kappa shape index (κ2) is 5.43. The van der Waals surface area contributed by atoms with Gasteiger partial charge < -0.3 is 10.2 Å². The van der Waals surface area contributed by atoms with E-state index < -0.39 is 0 Å². The van der Waals surface area contributed by atoms with Gasteiger partial charge in [0.2, 0.25) is 5.91 Å². The molecule has 90 valence electrons. The van der Waals surface area contributed by atoms with E-state index in [4.69, 9.17) is 0 Å². The van der Waals surface area contributed by atoms with E-state index in [-0.39, 0.29) is 18.4 Å². The molecule has 0 radical (unpaired) electrons. The quantitative estimate of drug-likeness (QED) is 0.823. The number of carbonyl (C=O) groups is 2. The standard InChI is InChI=1S/C12H15N3O2/c16-11(15-7-3-4-8-15)9-14-12(17)10-5-1-2-6-13-10/h1-2,5-6H,3-4,7-9H2,(H,14,17). The Morgan fingerprint density at radius 1 is 1.29 bits per heavy atom. The molecule has 5 nitrogen and oxygen atoms in total. The van der Waals surface area contributed by atoms with Crippen LogP contribution >= 0.6 is 0 Å². The number of rotatable bonds is 3. The lowest BCUT2D eigenvalue weighted by Gasteiger charge is -2.15. The van der Waals surface area contributed by atoms with Gasteiger partial charge in [0.05, 0.1) is 6.54 Å². The fraction of sp³-hybridized carbons (Fsp3) is 0.417. The van der Waals surface area contributed by atoms with Crippen molar-refractivity contribution >= 4 is 11.8 Å². The summed E-state index contributed by atoms with van der Waals surface area (Å²) in [4.78, 5) is 29.0. The van der Waals surface area contributed by atoms with Crippen LogP contribution in [0.15, 0.2) is 24.4 Å². The molecule has 0 bridgehead atoms. The highest BCUT2D eigenvalue weighted by Gasteiger charge is 2.18. The molecule has 1 saturated heterocycles. The normalized spacial score (nSPS) is 14.7. The fourth-order valence-electron chi connectivity index (χ4n) is 1.82. The molecule has 1 fully saturated rings. The summed E-state index contributed by atoms with van der Waals surface area (Å²) in [7, 11) is 0. The second-order valence-electron chi connectivity index (χ2n) is 3.99. The summed E-state index contributed by atoms with van der Waals surface area (Å²) in [5.74, 6) is -0.329. The van der Waals surface area contributed by atoms with Gasteiger partial charge in [0, 0.05) is 19.3 Å². The fourth-order valence-corrected chi connectivity index (χ4v) is 1.82. The highest BCUT2D eigenvalue weighted by Crippen LogP contribution is 2.06. The molecule has 0 atom stereocenters. The molecule has 0 unspecified atom stereocenters. The molecule has 1 aromatic rings. The predicted molar refractivity (Wildman–Crippen MR) is 62.4 cm³/mol. The Labute approximate surface area is 99.8 Å². The zero-order valence-corrected chi connectivity index (χ0v) is 9.56. The van der Waals surface area contributed by atoms with Gasteiger partial charge in [-0.15, -0.1) is 0 Å². The maximum atomic E-state index is 11.7. The molecular weight excluding hydrogens is 218 g/mol. The molecule has 0 aliphatic carbocycles. The van der Waals surface area contributed by atoms with Crippen molar-refractivity contribution in [3.8, 4) is 0 Å². The summed E-state index contributed by atoms with van der Waals surface area (Å²) in [6.45, 7) is 1.66. The number of pyridine rings is 1. The first kappa shape index (κ1) is 11.6. The van der Waals surface area contributed by atoms with Crippen molar-refractivity contribution < 1.29 is 9.59 Å². The number of nitrogens with one attached hydrogen (secondary N) is 1. The number of likely N-dealkylation sites (tertiary alicyclic amines) is 1. The lowest BCUT2D eigenvalue weighted by Crippen LogP contribution is -2.38. The Bertz CT molecular complexity index is 399. The van der Waals surface area contributed by atoms with E-state index >= 15 is 0 Å². The van der Waals surface area contributed by atoms with Gasteiger partial charge in [0.1, 0.15) is 5.69 Å². The minimum Gasteiger partial charge on any atom is -0.342 e. The summed E-state index contributed by atoms with van der Waals surface area (Å²) in [6.07, 6.45) is 3.66. The van der Waals surface area contributed by atoms with Gasteiger partial charge in [-0.3, -0.25) is 14.6 Å². The van der Waals surface area contributed by atoms with Crippen molar-refractivity contribution in [3.63, 3.8) is 0 Å². The van der Waals surface area contributed by atoms with Crippen LogP contribution in [-0.2, 0) is 4.79 Å². The van der Waals surface area contributed by atoms with E-state index in [1.54, 1.807) is 29.3 Å². The number of amides is 2. The van der Waals surface area contributed by atoms with Gasteiger partial charge in [-0.05, 0) is 25.0 Å². The number of nitrogens with zero attached hydrogens (tertiary/aromatic N) is 2. The minimum atomic E-state index is -0.307. The van der Waals surface area contributed by atoms with Crippen molar-refractivity contribution in [1.29, 1.82) is 0 Å². The SMILES string of the molecule is O=C(NCC(=O)N1CCCC1)c1ccccn1. The number of carbonyl (C=O) groups excluding carboxylic acids is 2. The van der Waals surface area contributed by atoms with Gasteiger partial charge >= 0.3 is 0 Å². The number of hydrogen-bond acceptors (Lipinski definition) is 3. The molecule has 17 heavy (non-hydrogen) atoms. The van der Waals surface area contributed by atoms with E-state index in [9.17, 15) is 9.59 Å². The maximum absolute atomic E-state index is 11.7. The molecule has 1 aliphatic heterocycles. The van der Waals surface area contributed by atoms with Gasteiger partial charge in [0.25, 0.3) is 5.91 Å². The smallest absolute Gasteiger partial charge is 0.270 e. The van der Waals surface area contributed by atoms with E-state index in [1.807, 2.05) is 0 Å². The highest BCUT2D eigenvalue weighted by atomic mass is 16.2. The molecule has 0 aromatic carbocycles. The third-order valence-corrected chi connectivity index (χ3v) is 2.76. The van der Waals surface area contributed by atoms with Crippen molar-refractivity contribution in [2.75, 3.05) is 19.6 Å². The molecule has 1 aromatic heterocycles. The maximum Gasteiger partial charge on any atom is 0.270 e. The summed E-state index contributed by atoms with van der Waals surface area (Å²) < 4.78 is 0. The van der Waals surface area contributed by atoms with E-state index in [1.165, 1.54) is 0 Å². The average molecular weight is 233 g/mol. The van der Waals surface area contributed by atoms with Crippen LogP contribution in [0.2, 0.25) is 0 Å². The minimum absolute atomic E-state index is 0.0215. The molecule has 1 aliphatic rings. The molecule has 0 saturated carbocycles. The third-order valence-electron chi connectivity index (χ3n) is 2.76. The lowest BCUT2D eigenvalue weighted by atomic mass is 10.3. The van der Waals surface area contributed by atoms with E-state index in [0.717, 1.165) is 25.9 Å².